The van der Waals surface area contributed by atoms with Crippen LogP contribution in [0, 0.1) is 17.8 Å². The fraction of sp³-hybridized carbons (Fsp3) is 0.824. The highest BCUT2D eigenvalue weighted by Gasteiger charge is 2.43. The monoisotopic (exact) mass is 358 g/mol. The van der Waals surface area contributed by atoms with Gasteiger partial charge >= 0.3 is 0 Å². The molecule has 2 unspecified atom stereocenters. The average molecular weight is 359 g/mol. The highest BCUT2D eigenvalue weighted by Crippen LogP contribution is 2.45. The van der Waals surface area contributed by atoms with Gasteiger partial charge in [-0.2, -0.15) is 0 Å². The van der Waals surface area contributed by atoms with Crippen molar-refractivity contribution in [2.45, 2.75) is 70.5 Å². The summed E-state index contributed by atoms with van der Waals surface area (Å²) in [5, 5.41) is 20.5. The number of carbonyl (C=O) groups excluding carboxylic acids is 1. The van der Waals surface area contributed by atoms with Crippen LogP contribution in [0.15, 0.2) is 10.6 Å². The van der Waals surface area contributed by atoms with Crippen LogP contribution in [0.4, 0.5) is 0 Å². The quantitative estimate of drug-likeness (QED) is 0.713. The van der Waals surface area contributed by atoms with E-state index in [1.165, 1.54) is 0 Å². The third-order valence-electron chi connectivity index (χ3n) is 5.08. The molecule has 0 aliphatic heterocycles. The Bertz CT molecular complexity index is 393. The van der Waals surface area contributed by atoms with E-state index < -0.39 is 6.10 Å². The normalized spacial score (nSPS) is 34.9. The Kier molecular flexibility index (Phi) is 6.45. The van der Waals surface area contributed by atoms with E-state index in [1.54, 1.807) is 0 Å². The number of fused-ring (bicyclic) bond motifs is 1. The van der Waals surface area contributed by atoms with Crippen LogP contribution in [0.2, 0.25) is 0 Å². The second-order valence-electron chi connectivity index (χ2n) is 6.66. The van der Waals surface area contributed by atoms with Crippen LogP contribution in [0.5, 0.6) is 0 Å². The fourth-order valence-corrected chi connectivity index (χ4v) is 4.38. The maximum atomic E-state index is 11.7. The maximum absolute atomic E-state index is 11.7. The van der Waals surface area contributed by atoms with Crippen LogP contribution in [-0.2, 0) is 4.79 Å². The van der Waals surface area contributed by atoms with Crippen molar-refractivity contribution in [1.82, 2.24) is 0 Å². The van der Waals surface area contributed by atoms with Gasteiger partial charge in [0.15, 0.2) is 0 Å². The minimum Gasteiger partial charge on any atom is -0.393 e. The number of halogens is 1. The molecule has 3 nitrogen and oxygen atoms in total. The summed E-state index contributed by atoms with van der Waals surface area (Å²) in [7, 11) is 0. The van der Waals surface area contributed by atoms with Gasteiger partial charge in [0.2, 0.25) is 0 Å². The molecule has 0 heterocycles. The highest BCUT2D eigenvalue weighted by atomic mass is 79.9. The van der Waals surface area contributed by atoms with Crippen molar-refractivity contribution < 1.29 is 15.0 Å². The van der Waals surface area contributed by atoms with Gasteiger partial charge in [-0.05, 0) is 31.1 Å². The second-order valence-corrected chi connectivity index (χ2v) is 7.57. The molecule has 2 N–H and O–H groups in total. The standard InChI is InChI=1S/C17H27BrO3/c1-2-3-4-5-17(21)15(18)10-14-13-9-12(19)8-11(13)6-7-16(14)20/h10-11,13-14,16-17,20-21H,2-9H2,1H3/t11-,13-,14?,16?,17+/m1/s1. The predicted octanol–water partition coefficient (Wildman–Crippen LogP) is 3.57. The highest BCUT2D eigenvalue weighted by molar-refractivity contribution is 9.11. The molecule has 0 amide bonds. The molecule has 0 aromatic heterocycles. The number of hydrogen-bond acceptors (Lipinski definition) is 3. The summed E-state index contributed by atoms with van der Waals surface area (Å²) in [5.41, 5.74) is 0. The molecule has 2 aliphatic rings. The van der Waals surface area contributed by atoms with Gasteiger partial charge in [0.1, 0.15) is 5.78 Å². The first-order valence-electron chi connectivity index (χ1n) is 8.28. The predicted molar refractivity (Wildman–Crippen MR) is 87.1 cm³/mol. The van der Waals surface area contributed by atoms with Gasteiger partial charge in [-0.1, -0.05) is 48.2 Å². The molecular weight excluding hydrogens is 332 g/mol. The molecule has 0 spiro atoms. The maximum Gasteiger partial charge on any atom is 0.133 e. The smallest absolute Gasteiger partial charge is 0.133 e. The molecule has 0 aromatic carbocycles. The van der Waals surface area contributed by atoms with Crippen LogP contribution in [0.1, 0.15) is 58.3 Å². The van der Waals surface area contributed by atoms with Crippen molar-refractivity contribution in [3.8, 4) is 0 Å². The minimum atomic E-state index is -0.485. The van der Waals surface area contributed by atoms with Gasteiger partial charge in [0.25, 0.3) is 0 Å². The van der Waals surface area contributed by atoms with Crippen molar-refractivity contribution in [3.05, 3.63) is 10.6 Å². The summed E-state index contributed by atoms with van der Waals surface area (Å²) in [6, 6.07) is 0. The lowest BCUT2D eigenvalue weighted by Gasteiger charge is -2.36. The number of unbranched alkanes of at least 4 members (excludes halogenated alkanes) is 2. The second kappa shape index (κ2) is 7.89. The first-order valence-corrected chi connectivity index (χ1v) is 9.07. The number of hydrogen-bond donors (Lipinski definition) is 2. The zero-order valence-electron chi connectivity index (χ0n) is 12.8. The van der Waals surface area contributed by atoms with Crippen molar-refractivity contribution in [2.75, 3.05) is 0 Å². The van der Waals surface area contributed by atoms with E-state index in [2.05, 4.69) is 22.9 Å². The summed E-state index contributed by atoms with van der Waals surface area (Å²) in [5.74, 6) is 1.03. The molecule has 120 valence electrons. The SMILES string of the molecule is CCCCC[C@H](O)C(Br)=CC1C(O)CC[C@@H]2CC(=O)C[C@@H]12. The first kappa shape index (κ1) is 17.2. The fourth-order valence-electron chi connectivity index (χ4n) is 3.84. The number of ketones is 1. The molecule has 4 heteroatoms. The van der Waals surface area contributed by atoms with Gasteiger partial charge in [0.05, 0.1) is 12.2 Å². The molecule has 2 rings (SSSR count). The minimum absolute atomic E-state index is 0.00500. The summed E-state index contributed by atoms with van der Waals surface area (Å²) in [6.07, 6.45) is 8.14. The average Bonchev–Trinajstić information content (AvgIpc) is 2.83. The number of rotatable bonds is 6. The molecule has 21 heavy (non-hydrogen) atoms. The van der Waals surface area contributed by atoms with Gasteiger partial charge in [-0.3, -0.25) is 4.79 Å². The number of Topliss-reactive ketones (excluding diaryl/α,β-unsaturated/α-hetero) is 1. The lowest BCUT2D eigenvalue weighted by molar-refractivity contribution is -0.117. The lowest BCUT2D eigenvalue weighted by Crippen LogP contribution is -2.34. The lowest BCUT2D eigenvalue weighted by atomic mass is 9.72. The molecule has 0 radical (unpaired) electrons. The van der Waals surface area contributed by atoms with E-state index in [9.17, 15) is 15.0 Å². The molecule has 0 bridgehead atoms. The Morgan fingerprint density at radius 2 is 2.14 bits per heavy atom. The Labute approximate surface area is 135 Å². The Morgan fingerprint density at radius 1 is 1.38 bits per heavy atom. The number of aliphatic hydroxyl groups excluding tert-OH is 2. The van der Waals surface area contributed by atoms with Crippen LogP contribution >= 0.6 is 15.9 Å². The van der Waals surface area contributed by atoms with Gasteiger partial charge in [-0.25, -0.2) is 0 Å². The van der Waals surface area contributed by atoms with E-state index >= 15 is 0 Å². The molecule has 2 fully saturated rings. The topological polar surface area (TPSA) is 57.5 Å². The van der Waals surface area contributed by atoms with Gasteiger partial charge < -0.3 is 10.2 Å². The number of aliphatic hydroxyl groups is 2. The summed E-state index contributed by atoms with van der Waals surface area (Å²) in [4.78, 5) is 11.7. The molecular formula is C17H27BrO3. The van der Waals surface area contributed by atoms with Gasteiger partial charge in [0, 0.05) is 23.2 Å². The van der Waals surface area contributed by atoms with Crippen LogP contribution < -0.4 is 0 Å². The Morgan fingerprint density at radius 3 is 2.86 bits per heavy atom. The van der Waals surface area contributed by atoms with Crippen molar-refractivity contribution in [1.29, 1.82) is 0 Å². The molecule has 2 aliphatic carbocycles. The first-order chi connectivity index (χ1) is 10.0. The van der Waals surface area contributed by atoms with E-state index in [-0.39, 0.29) is 17.9 Å². The van der Waals surface area contributed by atoms with E-state index in [4.69, 9.17) is 0 Å². The molecule has 0 aromatic rings. The van der Waals surface area contributed by atoms with Crippen LogP contribution in [0.25, 0.3) is 0 Å². The van der Waals surface area contributed by atoms with Crippen LogP contribution in [-0.4, -0.2) is 28.2 Å². The largest absolute Gasteiger partial charge is 0.393 e. The molecule has 5 atom stereocenters. The van der Waals surface area contributed by atoms with Crippen LogP contribution in [0.3, 0.4) is 0 Å². The summed E-state index contributed by atoms with van der Waals surface area (Å²) in [6.45, 7) is 2.15. The van der Waals surface area contributed by atoms with Crippen molar-refractivity contribution >= 4 is 21.7 Å². The van der Waals surface area contributed by atoms with E-state index in [1.807, 2.05) is 6.08 Å². The zero-order chi connectivity index (χ0) is 15.4. The summed E-state index contributed by atoms with van der Waals surface area (Å²) >= 11 is 3.49. The third-order valence-corrected chi connectivity index (χ3v) is 5.87. The van der Waals surface area contributed by atoms with E-state index in [0.29, 0.717) is 24.5 Å². The molecule has 0 saturated heterocycles. The summed E-state index contributed by atoms with van der Waals surface area (Å²) < 4.78 is 0.780. The Balaban J connectivity index is 2.00. The van der Waals surface area contributed by atoms with Crippen molar-refractivity contribution in [3.63, 3.8) is 0 Å². The molecule has 2 saturated carbocycles. The van der Waals surface area contributed by atoms with Gasteiger partial charge in [-0.15, -0.1) is 0 Å². The van der Waals surface area contributed by atoms with E-state index in [0.717, 1.165) is 43.0 Å². The zero-order valence-corrected chi connectivity index (χ0v) is 14.4. The van der Waals surface area contributed by atoms with Crippen molar-refractivity contribution in [2.24, 2.45) is 17.8 Å². The Hall–Kier alpha value is -0.190. The third kappa shape index (κ3) is 4.40. The number of carbonyl (C=O) groups is 1.